The number of halogens is 1. The summed E-state index contributed by atoms with van der Waals surface area (Å²) in [7, 11) is 1.43. The molecule has 2 fully saturated rings. The molecule has 0 aromatic heterocycles. The second-order valence-electron chi connectivity index (χ2n) is 10.1. The first-order valence-electron chi connectivity index (χ1n) is 12.6. The van der Waals surface area contributed by atoms with Gasteiger partial charge in [-0.15, -0.1) is 11.6 Å². The molecule has 2 N–H and O–H groups in total. The third-order valence-electron chi connectivity index (χ3n) is 8.02. The monoisotopic (exact) mass is 464 g/mol. The molecule has 5 heteroatoms. The number of aliphatic hydroxyl groups is 2. The van der Waals surface area contributed by atoms with Crippen molar-refractivity contribution in [3.63, 3.8) is 0 Å². The number of benzene rings is 1. The van der Waals surface area contributed by atoms with Crippen LogP contribution >= 0.6 is 11.6 Å². The highest BCUT2D eigenvalue weighted by molar-refractivity contribution is 6.21. The van der Waals surface area contributed by atoms with E-state index in [1.165, 1.54) is 13.5 Å². The minimum absolute atomic E-state index is 0.0156. The Hall–Kier alpha value is -1.10. The van der Waals surface area contributed by atoms with E-state index in [2.05, 4.69) is 31.2 Å². The number of alkyl halides is 1. The second kappa shape index (κ2) is 11.9. The van der Waals surface area contributed by atoms with Crippen molar-refractivity contribution in [2.24, 2.45) is 11.3 Å². The Kier molecular flexibility index (Phi) is 9.45. The lowest BCUT2D eigenvalue weighted by Crippen LogP contribution is -2.36. The average molecular weight is 465 g/mol. The summed E-state index contributed by atoms with van der Waals surface area (Å²) in [6.45, 7) is 2.19. The standard InChI is InChI=1S/C27H41ClO4/c1-3-15-27(16-8-17-27)26(31)20-13-11-19(12-14-20)25-21(22(28)18-23(25)29)9-6-4-5-7-10-24(30)32-2/h11-14,21-23,25-26,29,31H,3-10,15-18H2,1-2H3/t21-,22+,23+,25+,26?/m0/s1. The molecule has 2 aliphatic carbocycles. The average Bonchev–Trinajstić information content (AvgIpc) is 3.05. The van der Waals surface area contributed by atoms with E-state index in [1.54, 1.807) is 0 Å². The molecule has 4 nitrogen and oxygen atoms in total. The number of rotatable bonds is 12. The first kappa shape index (κ1) is 25.5. The molecule has 0 heterocycles. The van der Waals surface area contributed by atoms with Crippen LogP contribution in [0.1, 0.15) is 107 Å². The SMILES string of the molecule is CCCC1(C(O)c2ccc([C@@H]3[C@@H](CCCCCCC(=O)OC)[C@H](Cl)C[C@H]3O)cc2)CCC1. The third kappa shape index (κ3) is 5.87. The van der Waals surface area contributed by atoms with Gasteiger partial charge in [0, 0.05) is 23.1 Å². The van der Waals surface area contributed by atoms with Crippen molar-refractivity contribution < 1.29 is 19.7 Å². The highest BCUT2D eigenvalue weighted by atomic mass is 35.5. The Morgan fingerprint density at radius 1 is 1.19 bits per heavy atom. The van der Waals surface area contributed by atoms with Crippen LogP contribution in [0, 0.1) is 11.3 Å². The van der Waals surface area contributed by atoms with Crippen molar-refractivity contribution in [1.82, 2.24) is 0 Å². The fourth-order valence-electron chi connectivity index (χ4n) is 6.04. The Balaban J connectivity index is 1.58. The zero-order valence-corrected chi connectivity index (χ0v) is 20.5. The van der Waals surface area contributed by atoms with Crippen LogP contribution in [0.25, 0.3) is 0 Å². The number of methoxy groups -OCH3 is 1. The smallest absolute Gasteiger partial charge is 0.305 e. The summed E-state index contributed by atoms with van der Waals surface area (Å²) in [5, 5.41) is 21.8. The molecule has 0 spiro atoms. The number of esters is 1. The fraction of sp³-hybridized carbons (Fsp3) is 0.741. The summed E-state index contributed by atoms with van der Waals surface area (Å²) in [4.78, 5) is 11.2. The Bertz CT molecular complexity index is 715. The summed E-state index contributed by atoms with van der Waals surface area (Å²) >= 11 is 6.66. The van der Waals surface area contributed by atoms with Crippen molar-refractivity contribution in [3.05, 3.63) is 35.4 Å². The third-order valence-corrected chi connectivity index (χ3v) is 8.52. The van der Waals surface area contributed by atoms with Crippen LogP contribution in [0.4, 0.5) is 0 Å². The normalized spacial score (nSPS) is 27.7. The first-order chi connectivity index (χ1) is 15.4. The minimum atomic E-state index is -0.421. The van der Waals surface area contributed by atoms with Crippen LogP contribution < -0.4 is 0 Å². The molecule has 0 amide bonds. The quantitative estimate of drug-likeness (QED) is 0.217. The molecule has 2 aliphatic rings. The van der Waals surface area contributed by atoms with Gasteiger partial charge in [0.25, 0.3) is 0 Å². The summed E-state index contributed by atoms with van der Waals surface area (Å²) in [6.07, 6.45) is 10.9. The van der Waals surface area contributed by atoms with Gasteiger partial charge in [0.1, 0.15) is 0 Å². The van der Waals surface area contributed by atoms with Gasteiger partial charge in [0.2, 0.25) is 0 Å². The minimum Gasteiger partial charge on any atom is -0.469 e. The molecule has 0 saturated heterocycles. The van der Waals surface area contributed by atoms with E-state index in [-0.39, 0.29) is 28.6 Å². The van der Waals surface area contributed by atoms with Gasteiger partial charge in [0.15, 0.2) is 0 Å². The van der Waals surface area contributed by atoms with E-state index < -0.39 is 12.2 Å². The van der Waals surface area contributed by atoms with Gasteiger partial charge in [-0.3, -0.25) is 4.79 Å². The molecule has 180 valence electrons. The molecule has 1 unspecified atom stereocenters. The van der Waals surface area contributed by atoms with E-state index >= 15 is 0 Å². The van der Waals surface area contributed by atoms with Crippen molar-refractivity contribution in [3.8, 4) is 0 Å². The van der Waals surface area contributed by atoms with Crippen molar-refractivity contribution >= 4 is 17.6 Å². The molecule has 0 radical (unpaired) electrons. The highest BCUT2D eigenvalue weighted by Crippen LogP contribution is 2.53. The maximum atomic E-state index is 11.2. The van der Waals surface area contributed by atoms with E-state index in [4.69, 9.17) is 16.3 Å². The van der Waals surface area contributed by atoms with E-state index in [0.29, 0.717) is 12.8 Å². The van der Waals surface area contributed by atoms with Crippen molar-refractivity contribution in [1.29, 1.82) is 0 Å². The molecule has 0 bridgehead atoms. The molecule has 1 aromatic rings. The van der Waals surface area contributed by atoms with Crippen LogP contribution in [0.5, 0.6) is 0 Å². The van der Waals surface area contributed by atoms with Crippen LogP contribution in [0.15, 0.2) is 24.3 Å². The molecular formula is C27H41ClO4. The number of carbonyl (C=O) groups excluding carboxylic acids is 1. The van der Waals surface area contributed by atoms with Gasteiger partial charge in [-0.25, -0.2) is 0 Å². The van der Waals surface area contributed by atoms with E-state index in [9.17, 15) is 15.0 Å². The van der Waals surface area contributed by atoms with Gasteiger partial charge in [0.05, 0.1) is 19.3 Å². The predicted molar refractivity (Wildman–Crippen MR) is 129 cm³/mol. The summed E-state index contributed by atoms with van der Waals surface area (Å²) in [5.74, 6) is 0.157. The van der Waals surface area contributed by atoms with Crippen molar-refractivity contribution in [2.75, 3.05) is 7.11 Å². The number of hydrogen-bond donors (Lipinski definition) is 2. The Morgan fingerprint density at radius 2 is 1.88 bits per heavy atom. The predicted octanol–water partition coefficient (Wildman–Crippen LogP) is 6.28. The number of unbranched alkanes of at least 4 members (excludes halogenated alkanes) is 3. The fourth-order valence-corrected chi connectivity index (χ4v) is 6.51. The lowest BCUT2D eigenvalue weighted by Gasteiger charge is -2.46. The van der Waals surface area contributed by atoms with Crippen LogP contribution in [-0.2, 0) is 9.53 Å². The van der Waals surface area contributed by atoms with Gasteiger partial charge >= 0.3 is 5.97 Å². The molecule has 32 heavy (non-hydrogen) atoms. The molecular weight excluding hydrogens is 424 g/mol. The van der Waals surface area contributed by atoms with Gasteiger partial charge in [-0.2, -0.15) is 0 Å². The largest absolute Gasteiger partial charge is 0.469 e. The Labute approximate surface area is 198 Å². The number of ether oxygens (including phenoxy) is 1. The topological polar surface area (TPSA) is 66.8 Å². The highest BCUT2D eigenvalue weighted by Gasteiger charge is 2.44. The summed E-state index contributed by atoms with van der Waals surface area (Å²) < 4.78 is 4.69. The first-order valence-corrected chi connectivity index (χ1v) is 13.0. The maximum absolute atomic E-state index is 11.2. The molecule has 1 aromatic carbocycles. The molecule has 0 aliphatic heterocycles. The lowest BCUT2D eigenvalue weighted by atomic mass is 9.61. The molecule has 3 rings (SSSR count). The number of carbonyl (C=O) groups is 1. The number of hydrogen-bond acceptors (Lipinski definition) is 4. The second-order valence-corrected chi connectivity index (χ2v) is 10.6. The van der Waals surface area contributed by atoms with Gasteiger partial charge in [-0.1, -0.05) is 63.3 Å². The van der Waals surface area contributed by atoms with Gasteiger partial charge in [-0.05, 0) is 55.6 Å². The lowest BCUT2D eigenvalue weighted by molar-refractivity contribution is -0.140. The van der Waals surface area contributed by atoms with Crippen LogP contribution in [-0.4, -0.2) is 34.8 Å². The van der Waals surface area contributed by atoms with Crippen LogP contribution in [0.2, 0.25) is 0 Å². The zero-order valence-electron chi connectivity index (χ0n) is 19.8. The molecule has 2 saturated carbocycles. The van der Waals surface area contributed by atoms with Gasteiger partial charge < -0.3 is 14.9 Å². The Morgan fingerprint density at radius 3 is 2.47 bits per heavy atom. The van der Waals surface area contributed by atoms with Crippen LogP contribution in [0.3, 0.4) is 0 Å². The van der Waals surface area contributed by atoms with Crippen molar-refractivity contribution in [2.45, 2.75) is 107 Å². The van der Waals surface area contributed by atoms with E-state index in [0.717, 1.165) is 68.9 Å². The summed E-state index contributed by atoms with van der Waals surface area (Å²) in [5.41, 5.74) is 2.19. The summed E-state index contributed by atoms with van der Waals surface area (Å²) in [6, 6.07) is 8.33. The molecule has 5 atom stereocenters. The zero-order chi connectivity index (χ0) is 23.1. The van der Waals surface area contributed by atoms with E-state index in [1.807, 2.05) is 0 Å². The maximum Gasteiger partial charge on any atom is 0.305 e. The number of aliphatic hydroxyl groups excluding tert-OH is 2.